The van der Waals surface area contributed by atoms with Gasteiger partial charge in [-0.3, -0.25) is 4.57 Å². The molecule has 0 saturated heterocycles. The lowest BCUT2D eigenvalue weighted by molar-refractivity contribution is 0.593. The Morgan fingerprint density at radius 2 is 1.89 bits per heavy atom. The minimum Gasteiger partial charge on any atom is -0.300 e. The molecule has 96 valence electrons. The van der Waals surface area contributed by atoms with Crippen molar-refractivity contribution in [2.45, 2.75) is 5.16 Å². The van der Waals surface area contributed by atoms with Gasteiger partial charge in [-0.25, -0.2) is 8.42 Å². The highest BCUT2D eigenvalue weighted by atomic mass is 35.7. The first kappa shape index (κ1) is 13.6. The van der Waals surface area contributed by atoms with Gasteiger partial charge in [-0.2, -0.15) is 0 Å². The molecule has 9 heteroatoms. The van der Waals surface area contributed by atoms with Crippen LogP contribution < -0.4 is 0 Å². The van der Waals surface area contributed by atoms with Gasteiger partial charge < -0.3 is 0 Å². The van der Waals surface area contributed by atoms with E-state index in [9.17, 15) is 8.42 Å². The predicted octanol–water partition coefficient (Wildman–Crippen LogP) is 2.72. The van der Waals surface area contributed by atoms with E-state index in [2.05, 4.69) is 10.2 Å². The van der Waals surface area contributed by atoms with Gasteiger partial charge in [0, 0.05) is 28.3 Å². The Morgan fingerprint density at radius 3 is 2.39 bits per heavy atom. The maximum absolute atomic E-state index is 11.2. The summed E-state index contributed by atoms with van der Waals surface area (Å²) in [5.74, 6) is 0.288. The minimum atomic E-state index is -3.95. The second-order valence-corrected chi connectivity index (χ2v) is 6.73. The summed E-state index contributed by atoms with van der Waals surface area (Å²) >= 11 is 11.8. The van der Waals surface area contributed by atoms with E-state index in [1.54, 1.807) is 12.1 Å². The van der Waals surface area contributed by atoms with Gasteiger partial charge in [-0.1, -0.05) is 23.2 Å². The van der Waals surface area contributed by atoms with E-state index in [0.717, 1.165) is 0 Å². The minimum absolute atomic E-state index is 0.288. The van der Waals surface area contributed by atoms with Gasteiger partial charge in [0.2, 0.25) is 0 Å². The van der Waals surface area contributed by atoms with E-state index in [-0.39, 0.29) is 11.0 Å². The molecule has 1 aromatic carbocycles. The lowest BCUT2D eigenvalue weighted by Gasteiger charge is -2.04. The van der Waals surface area contributed by atoms with Crippen molar-refractivity contribution < 1.29 is 8.42 Å². The Balaban J connectivity index is 2.63. The van der Waals surface area contributed by atoms with E-state index in [1.165, 1.54) is 17.7 Å². The zero-order chi connectivity index (χ0) is 13.5. The molecule has 0 unspecified atom stereocenters. The molecule has 0 atom stereocenters. The third-order valence-corrected chi connectivity index (χ3v) is 3.98. The Kier molecular flexibility index (Phi) is 3.55. The van der Waals surface area contributed by atoms with Crippen LogP contribution in [-0.4, -0.2) is 23.2 Å². The lowest BCUT2D eigenvalue weighted by Crippen LogP contribution is -2.03. The number of aromatic nitrogens is 3. The van der Waals surface area contributed by atoms with Crippen LogP contribution in [0.25, 0.3) is 11.4 Å². The van der Waals surface area contributed by atoms with E-state index < -0.39 is 9.05 Å². The van der Waals surface area contributed by atoms with Crippen molar-refractivity contribution in [1.29, 1.82) is 0 Å². The molecule has 1 heterocycles. The Morgan fingerprint density at radius 1 is 1.22 bits per heavy atom. The summed E-state index contributed by atoms with van der Waals surface area (Å²) < 4.78 is 23.7. The van der Waals surface area contributed by atoms with E-state index in [0.29, 0.717) is 15.6 Å². The summed E-state index contributed by atoms with van der Waals surface area (Å²) in [6.45, 7) is 0. The molecular formula is C9H6Cl3N3O2S. The number of nitrogens with zero attached hydrogens (tertiary/aromatic N) is 3. The van der Waals surface area contributed by atoms with Crippen molar-refractivity contribution in [3.8, 4) is 11.4 Å². The standard InChI is InChI=1S/C9H6Cl3N3O2S/c1-15-8(13-14-9(15)18(12,16)17)6-3-2-5(10)4-7(6)11/h2-4H,1H3. The zero-order valence-corrected chi connectivity index (χ0v) is 12.0. The van der Waals surface area contributed by atoms with Crippen LogP contribution in [0.1, 0.15) is 0 Å². The molecule has 0 spiro atoms. The molecule has 1 aromatic heterocycles. The van der Waals surface area contributed by atoms with Crippen molar-refractivity contribution in [1.82, 2.24) is 14.8 Å². The Hall–Kier alpha value is -0.820. The smallest absolute Gasteiger partial charge is 0.296 e. The molecule has 5 nitrogen and oxygen atoms in total. The number of halogens is 3. The summed E-state index contributed by atoms with van der Waals surface area (Å²) in [7, 11) is 2.76. The SMILES string of the molecule is Cn1c(-c2ccc(Cl)cc2Cl)nnc1S(=O)(=O)Cl. The van der Waals surface area contributed by atoms with Crippen LogP contribution in [0.4, 0.5) is 0 Å². The van der Waals surface area contributed by atoms with Crippen molar-refractivity contribution in [3.05, 3.63) is 28.2 Å². The highest BCUT2D eigenvalue weighted by Crippen LogP contribution is 2.30. The molecule has 0 aliphatic carbocycles. The van der Waals surface area contributed by atoms with E-state index >= 15 is 0 Å². The zero-order valence-electron chi connectivity index (χ0n) is 8.93. The maximum Gasteiger partial charge on any atom is 0.296 e. The summed E-state index contributed by atoms with van der Waals surface area (Å²) in [5.41, 5.74) is 0.516. The van der Waals surface area contributed by atoms with Crippen LogP contribution in [0, 0.1) is 0 Å². The fourth-order valence-corrected chi connectivity index (χ4v) is 2.88. The molecule has 0 bridgehead atoms. The van der Waals surface area contributed by atoms with Gasteiger partial charge in [0.15, 0.2) is 5.82 Å². The van der Waals surface area contributed by atoms with Crippen molar-refractivity contribution >= 4 is 42.9 Å². The van der Waals surface area contributed by atoms with Crippen molar-refractivity contribution in [2.75, 3.05) is 0 Å². The topological polar surface area (TPSA) is 64.8 Å². The van der Waals surface area contributed by atoms with Gasteiger partial charge >= 0.3 is 0 Å². The van der Waals surface area contributed by atoms with Crippen LogP contribution in [0.15, 0.2) is 23.4 Å². The second kappa shape index (κ2) is 4.70. The van der Waals surface area contributed by atoms with Gasteiger partial charge in [0.05, 0.1) is 5.02 Å². The third kappa shape index (κ3) is 2.47. The maximum atomic E-state index is 11.2. The molecule has 2 aromatic rings. The van der Waals surface area contributed by atoms with Crippen LogP contribution >= 0.6 is 33.9 Å². The fourth-order valence-electron chi connectivity index (χ4n) is 1.43. The molecule has 0 amide bonds. The third-order valence-electron chi connectivity index (χ3n) is 2.23. The van der Waals surface area contributed by atoms with E-state index in [4.69, 9.17) is 33.9 Å². The molecule has 0 N–H and O–H groups in total. The van der Waals surface area contributed by atoms with Crippen molar-refractivity contribution in [3.63, 3.8) is 0 Å². The quantitative estimate of drug-likeness (QED) is 0.796. The lowest BCUT2D eigenvalue weighted by atomic mass is 10.2. The van der Waals surface area contributed by atoms with Gasteiger partial charge in [-0.15, -0.1) is 10.2 Å². The largest absolute Gasteiger partial charge is 0.300 e. The number of benzene rings is 1. The summed E-state index contributed by atoms with van der Waals surface area (Å²) in [6, 6.07) is 4.77. The average molecular weight is 327 g/mol. The molecule has 0 aliphatic heterocycles. The molecule has 18 heavy (non-hydrogen) atoms. The summed E-state index contributed by atoms with van der Waals surface area (Å²) in [5, 5.41) is 7.76. The van der Waals surface area contributed by atoms with Crippen LogP contribution in [0.2, 0.25) is 10.0 Å². The number of hydrogen-bond acceptors (Lipinski definition) is 4. The van der Waals surface area contributed by atoms with Crippen LogP contribution in [-0.2, 0) is 16.1 Å². The molecular weight excluding hydrogens is 321 g/mol. The molecule has 2 rings (SSSR count). The first-order chi connectivity index (χ1) is 8.30. The van der Waals surface area contributed by atoms with Crippen LogP contribution in [0.5, 0.6) is 0 Å². The first-order valence-electron chi connectivity index (χ1n) is 4.60. The monoisotopic (exact) mass is 325 g/mol. The molecule has 0 radical (unpaired) electrons. The summed E-state index contributed by atoms with van der Waals surface area (Å²) in [6.07, 6.45) is 0. The highest BCUT2D eigenvalue weighted by molar-refractivity contribution is 8.13. The highest BCUT2D eigenvalue weighted by Gasteiger charge is 2.22. The Bertz CT molecular complexity index is 712. The van der Waals surface area contributed by atoms with Gasteiger partial charge in [-0.05, 0) is 18.2 Å². The Labute approximate surface area is 118 Å². The summed E-state index contributed by atoms with van der Waals surface area (Å²) in [4.78, 5) is 0. The molecule has 0 fully saturated rings. The number of hydrogen-bond donors (Lipinski definition) is 0. The molecule has 0 saturated carbocycles. The van der Waals surface area contributed by atoms with Crippen molar-refractivity contribution in [2.24, 2.45) is 7.05 Å². The normalized spacial score (nSPS) is 11.8. The number of rotatable bonds is 2. The van der Waals surface area contributed by atoms with Crippen LogP contribution in [0.3, 0.4) is 0 Å². The second-order valence-electron chi connectivity index (χ2n) is 3.43. The van der Waals surface area contributed by atoms with E-state index in [1.807, 2.05) is 0 Å². The van der Waals surface area contributed by atoms with Gasteiger partial charge in [0.25, 0.3) is 14.2 Å². The predicted molar refractivity (Wildman–Crippen MR) is 69.5 cm³/mol. The first-order valence-corrected chi connectivity index (χ1v) is 7.66. The van der Waals surface area contributed by atoms with Gasteiger partial charge in [0.1, 0.15) is 0 Å². The average Bonchev–Trinajstić information content (AvgIpc) is 2.60. The fraction of sp³-hybridized carbons (Fsp3) is 0.111. The molecule has 0 aliphatic rings.